The van der Waals surface area contributed by atoms with E-state index in [4.69, 9.17) is 9.31 Å². The van der Waals surface area contributed by atoms with Gasteiger partial charge in [-0.3, -0.25) is 0 Å². The summed E-state index contributed by atoms with van der Waals surface area (Å²) in [6.45, 7) is 9.64. The highest BCUT2D eigenvalue weighted by molar-refractivity contribution is 6.62. The van der Waals surface area contributed by atoms with Crippen molar-refractivity contribution in [3.63, 3.8) is 0 Å². The lowest BCUT2D eigenvalue weighted by atomic mass is 9.78. The molecule has 2 saturated heterocycles. The highest BCUT2D eigenvalue weighted by Crippen LogP contribution is 2.36. The third-order valence-electron chi connectivity index (χ3n) is 4.56. The fraction of sp³-hybridized carbons (Fsp3) is 0.643. The summed E-state index contributed by atoms with van der Waals surface area (Å²) in [5.74, 6) is -0.189. The zero-order valence-corrected chi connectivity index (χ0v) is 12.4. The lowest BCUT2D eigenvalue weighted by Crippen LogP contribution is -2.42. The first-order valence-corrected chi connectivity index (χ1v) is 7.02. The van der Waals surface area contributed by atoms with E-state index in [9.17, 15) is 4.39 Å². The molecule has 0 bridgehead atoms. The first-order valence-electron chi connectivity index (χ1n) is 7.02. The van der Waals surface area contributed by atoms with Gasteiger partial charge in [0.05, 0.1) is 11.2 Å². The molecule has 0 spiro atoms. The first-order chi connectivity index (χ1) is 9.28. The molecule has 2 fully saturated rings. The molecule has 2 aliphatic heterocycles. The Morgan fingerprint density at radius 2 is 1.80 bits per heavy atom. The maximum absolute atomic E-state index is 13.7. The second kappa shape index (κ2) is 4.51. The number of nitrogens with zero attached hydrogens (tertiary/aromatic N) is 1. The van der Waals surface area contributed by atoms with Crippen LogP contribution in [0.2, 0.25) is 0 Å². The largest absolute Gasteiger partial charge is 0.495 e. The van der Waals surface area contributed by atoms with Gasteiger partial charge in [0.25, 0.3) is 0 Å². The summed E-state index contributed by atoms with van der Waals surface area (Å²) >= 11 is 0. The molecule has 3 heterocycles. The van der Waals surface area contributed by atoms with Crippen LogP contribution in [-0.4, -0.2) is 36.4 Å². The Labute approximate surface area is 119 Å². The van der Waals surface area contributed by atoms with Crippen LogP contribution in [0.3, 0.4) is 0 Å². The fourth-order valence-corrected chi connectivity index (χ4v) is 2.36. The smallest absolute Gasteiger partial charge is 0.399 e. The van der Waals surface area contributed by atoms with E-state index in [2.05, 4.69) is 10.3 Å². The van der Waals surface area contributed by atoms with Gasteiger partial charge < -0.3 is 14.6 Å². The van der Waals surface area contributed by atoms with Crippen molar-refractivity contribution in [2.45, 2.75) is 44.8 Å². The van der Waals surface area contributed by atoms with E-state index in [0.717, 1.165) is 18.8 Å². The van der Waals surface area contributed by atoms with Crippen molar-refractivity contribution < 1.29 is 13.7 Å². The quantitative estimate of drug-likeness (QED) is 0.652. The number of nitrogens with one attached hydrogen (secondary N) is 1. The average Bonchev–Trinajstić information content (AvgIpc) is 2.45. The monoisotopic (exact) mass is 278 g/mol. The maximum atomic E-state index is 13.7. The van der Waals surface area contributed by atoms with E-state index in [1.165, 1.54) is 6.07 Å². The molecule has 3 rings (SSSR count). The fourth-order valence-electron chi connectivity index (χ4n) is 2.36. The van der Waals surface area contributed by atoms with Gasteiger partial charge in [-0.15, -0.1) is 0 Å². The van der Waals surface area contributed by atoms with Gasteiger partial charge in [-0.25, -0.2) is 4.98 Å². The van der Waals surface area contributed by atoms with Crippen LogP contribution in [0.5, 0.6) is 0 Å². The van der Waals surface area contributed by atoms with E-state index in [1.54, 1.807) is 0 Å². The van der Waals surface area contributed by atoms with Crippen molar-refractivity contribution in [2.24, 2.45) is 0 Å². The second-order valence-corrected chi connectivity index (χ2v) is 6.59. The van der Waals surface area contributed by atoms with Gasteiger partial charge in [-0.1, -0.05) is 0 Å². The van der Waals surface area contributed by atoms with Gasteiger partial charge in [0, 0.05) is 24.7 Å². The van der Waals surface area contributed by atoms with Gasteiger partial charge in [0.2, 0.25) is 5.95 Å². The molecule has 0 atom stereocenters. The number of rotatable bonds is 2. The normalized spacial score (nSPS) is 24.8. The molecule has 0 aromatic carbocycles. The minimum atomic E-state index is -0.538. The predicted molar refractivity (Wildman–Crippen MR) is 75.5 cm³/mol. The molecule has 108 valence electrons. The van der Waals surface area contributed by atoms with E-state index in [0.29, 0.717) is 5.46 Å². The molecule has 0 saturated carbocycles. The predicted octanol–water partition coefficient (Wildman–Crippen LogP) is 1.21. The van der Waals surface area contributed by atoms with Gasteiger partial charge >= 0.3 is 7.12 Å². The molecule has 4 nitrogen and oxygen atoms in total. The lowest BCUT2D eigenvalue weighted by molar-refractivity contribution is 0.00578. The summed E-state index contributed by atoms with van der Waals surface area (Å²) in [6.07, 6.45) is 0. The number of hydrogen-bond donors (Lipinski definition) is 1. The lowest BCUT2D eigenvalue weighted by Gasteiger charge is -2.32. The zero-order valence-electron chi connectivity index (χ0n) is 12.4. The Balaban J connectivity index is 1.89. The van der Waals surface area contributed by atoms with E-state index in [-0.39, 0.29) is 5.92 Å². The Bertz CT molecular complexity index is 516. The van der Waals surface area contributed by atoms with Gasteiger partial charge in [0.1, 0.15) is 0 Å². The van der Waals surface area contributed by atoms with Crippen molar-refractivity contribution in [1.82, 2.24) is 10.3 Å². The standard InChI is InChI=1S/C14H20BFN2O2/c1-13(2)14(3,4)20-15(19-13)10-5-11(9-7-17-8-9)18-12(16)6-10/h5-6,9,17H,7-8H2,1-4H3. The topological polar surface area (TPSA) is 43.4 Å². The van der Waals surface area contributed by atoms with Crippen molar-refractivity contribution >= 4 is 12.6 Å². The van der Waals surface area contributed by atoms with E-state index >= 15 is 0 Å². The number of halogens is 1. The summed E-state index contributed by atoms with van der Waals surface area (Å²) in [5.41, 5.74) is 0.636. The van der Waals surface area contributed by atoms with Gasteiger partial charge in [-0.05, 0) is 45.3 Å². The number of aromatic nitrogens is 1. The Morgan fingerprint density at radius 3 is 2.30 bits per heavy atom. The molecule has 0 radical (unpaired) electrons. The Kier molecular flexibility index (Phi) is 3.16. The van der Waals surface area contributed by atoms with Gasteiger partial charge in [0.15, 0.2) is 0 Å². The molecule has 0 amide bonds. The van der Waals surface area contributed by atoms with Crippen LogP contribution in [0.15, 0.2) is 12.1 Å². The Morgan fingerprint density at radius 1 is 1.20 bits per heavy atom. The zero-order chi connectivity index (χ0) is 14.5. The summed E-state index contributed by atoms with van der Waals surface area (Å²) in [5, 5.41) is 3.17. The van der Waals surface area contributed by atoms with Crippen LogP contribution in [0.25, 0.3) is 0 Å². The molecule has 1 N–H and O–H groups in total. The Hall–Kier alpha value is -0.975. The molecular formula is C14H20BFN2O2. The van der Waals surface area contributed by atoms with Crippen LogP contribution in [0.1, 0.15) is 39.3 Å². The average molecular weight is 278 g/mol. The molecule has 2 aliphatic rings. The minimum absolute atomic E-state index is 0.284. The van der Waals surface area contributed by atoms with Crippen molar-refractivity contribution in [2.75, 3.05) is 13.1 Å². The third-order valence-corrected chi connectivity index (χ3v) is 4.56. The summed E-state index contributed by atoms with van der Waals surface area (Å²) in [6, 6.07) is 3.30. The SMILES string of the molecule is CC1(C)OB(c2cc(F)nc(C3CNC3)c2)OC1(C)C. The molecule has 1 aromatic rings. The summed E-state index contributed by atoms with van der Waals surface area (Å²) in [7, 11) is -0.538. The molecule has 1 aromatic heterocycles. The van der Waals surface area contributed by atoms with Crippen LogP contribution in [0.4, 0.5) is 4.39 Å². The van der Waals surface area contributed by atoms with Crippen molar-refractivity contribution in [3.05, 3.63) is 23.8 Å². The van der Waals surface area contributed by atoms with Crippen LogP contribution in [-0.2, 0) is 9.31 Å². The third kappa shape index (κ3) is 2.26. The maximum Gasteiger partial charge on any atom is 0.495 e. The summed E-state index contributed by atoms with van der Waals surface area (Å²) in [4.78, 5) is 3.98. The van der Waals surface area contributed by atoms with Crippen molar-refractivity contribution in [3.8, 4) is 0 Å². The molecule has 6 heteroatoms. The highest BCUT2D eigenvalue weighted by Gasteiger charge is 2.52. The van der Waals surface area contributed by atoms with Crippen LogP contribution < -0.4 is 10.8 Å². The van der Waals surface area contributed by atoms with Crippen LogP contribution in [0, 0.1) is 5.95 Å². The molecule has 0 unspecified atom stereocenters. The number of pyridine rings is 1. The molecular weight excluding hydrogens is 258 g/mol. The van der Waals surface area contributed by atoms with Crippen LogP contribution >= 0.6 is 0 Å². The van der Waals surface area contributed by atoms with E-state index in [1.807, 2.05) is 33.8 Å². The van der Waals surface area contributed by atoms with Crippen molar-refractivity contribution in [1.29, 1.82) is 0 Å². The molecule has 0 aliphatic carbocycles. The second-order valence-electron chi connectivity index (χ2n) is 6.59. The summed E-state index contributed by atoms with van der Waals surface area (Å²) < 4.78 is 25.7. The van der Waals surface area contributed by atoms with Gasteiger partial charge in [-0.2, -0.15) is 4.39 Å². The number of hydrogen-bond acceptors (Lipinski definition) is 4. The van der Waals surface area contributed by atoms with E-state index < -0.39 is 24.3 Å². The first kappa shape index (κ1) is 14.0. The minimum Gasteiger partial charge on any atom is -0.399 e. The highest BCUT2D eigenvalue weighted by atomic mass is 19.1. The molecule has 20 heavy (non-hydrogen) atoms.